The first kappa shape index (κ1) is 25.1. The topological polar surface area (TPSA) is 86.6 Å². The highest BCUT2D eigenvalue weighted by Crippen LogP contribution is 2.42. The molecule has 0 unspecified atom stereocenters. The van der Waals surface area contributed by atoms with Crippen molar-refractivity contribution in [3.63, 3.8) is 0 Å². The van der Waals surface area contributed by atoms with E-state index in [0.717, 1.165) is 50.7 Å². The molecule has 2 bridgehead atoms. The molecule has 10 heteroatoms. The Hall–Kier alpha value is -3.63. The molecule has 8 rings (SSSR count). The van der Waals surface area contributed by atoms with Crippen molar-refractivity contribution < 1.29 is 18.6 Å². The number of hydrogen-bond donors (Lipinski definition) is 2. The van der Waals surface area contributed by atoms with Gasteiger partial charge in [-0.2, -0.15) is 9.97 Å². The maximum Gasteiger partial charge on any atom is 0.319 e. The molecule has 0 saturated carbocycles. The molecule has 0 aliphatic carbocycles. The number of alkyl halides is 1. The Labute approximate surface area is 236 Å². The number of anilines is 1. The largest absolute Gasteiger partial charge is 0.508 e. The van der Waals surface area contributed by atoms with Crippen LogP contribution in [0.15, 0.2) is 42.6 Å². The van der Waals surface area contributed by atoms with Crippen LogP contribution in [0.25, 0.3) is 32.9 Å². The van der Waals surface area contributed by atoms with Crippen molar-refractivity contribution >= 4 is 27.6 Å². The summed E-state index contributed by atoms with van der Waals surface area (Å²) in [5.74, 6) is 0.202. The molecular weight excluding hydrogens is 526 g/mol. The highest BCUT2D eigenvalue weighted by molar-refractivity contribution is 5.99. The quantitative estimate of drug-likeness (QED) is 0.368. The summed E-state index contributed by atoms with van der Waals surface area (Å²) >= 11 is 0. The summed E-state index contributed by atoms with van der Waals surface area (Å²) in [4.78, 5) is 18.5. The average molecular weight is 559 g/mol. The summed E-state index contributed by atoms with van der Waals surface area (Å²) < 4.78 is 37.3. The number of nitrogens with zero attached hydrogens (tertiary/aromatic N) is 5. The summed E-state index contributed by atoms with van der Waals surface area (Å²) in [5, 5.41) is 15.3. The minimum absolute atomic E-state index is 0.0351. The zero-order valence-electron chi connectivity index (χ0n) is 22.7. The maximum atomic E-state index is 16.6. The summed E-state index contributed by atoms with van der Waals surface area (Å²) in [6.07, 6.45) is 5.18. The highest BCUT2D eigenvalue weighted by Gasteiger charge is 2.49. The molecule has 41 heavy (non-hydrogen) atoms. The number of fused-ring (bicyclic) bond motifs is 5. The van der Waals surface area contributed by atoms with Crippen molar-refractivity contribution in [2.24, 2.45) is 0 Å². The minimum Gasteiger partial charge on any atom is -0.508 e. The lowest BCUT2D eigenvalue weighted by atomic mass is 9.95. The summed E-state index contributed by atoms with van der Waals surface area (Å²) in [7, 11) is 0. The third-order valence-electron chi connectivity index (χ3n) is 9.60. The van der Waals surface area contributed by atoms with Crippen LogP contribution in [0.3, 0.4) is 0 Å². The normalized spacial score (nSPS) is 27.7. The fraction of sp³-hybridized carbons (Fsp3) is 0.452. The molecule has 0 amide bonds. The average Bonchev–Trinajstić information content (AvgIpc) is 3.58. The van der Waals surface area contributed by atoms with E-state index in [1.54, 1.807) is 24.4 Å². The lowest BCUT2D eigenvalue weighted by Crippen LogP contribution is -2.52. The highest BCUT2D eigenvalue weighted by atomic mass is 19.1. The molecule has 2 aromatic carbocycles. The van der Waals surface area contributed by atoms with Crippen molar-refractivity contribution in [3.05, 3.63) is 48.4 Å². The van der Waals surface area contributed by atoms with E-state index in [0.29, 0.717) is 40.8 Å². The van der Waals surface area contributed by atoms with Gasteiger partial charge in [0.2, 0.25) is 0 Å². The van der Waals surface area contributed by atoms with Gasteiger partial charge in [-0.3, -0.25) is 9.88 Å². The third kappa shape index (κ3) is 4.02. The molecule has 0 spiro atoms. The van der Waals surface area contributed by atoms with E-state index in [9.17, 15) is 9.50 Å². The number of piperazine rings is 1. The number of phenols is 1. The van der Waals surface area contributed by atoms with Gasteiger partial charge in [0.1, 0.15) is 29.9 Å². The van der Waals surface area contributed by atoms with Gasteiger partial charge in [-0.15, -0.1) is 0 Å². The second-order valence-corrected chi connectivity index (χ2v) is 12.0. The number of benzene rings is 2. The van der Waals surface area contributed by atoms with E-state index in [4.69, 9.17) is 9.72 Å². The van der Waals surface area contributed by atoms with Crippen LogP contribution in [0.2, 0.25) is 0 Å². The first-order chi connectivity index (χ1) is 20.0. The second-order valence-electron chi connectivity index (χ2n) is 12.0. The van der Waals surface area contributed by atoms with Gasteiger partial charge >= 0.3 is 6.01 Å². The van der Waals surface area contributed by atoms with E-state index in [-0.39, 0.29) is 41.5 Å². The number of rotatable bonds is 5. The number of nitrogens with one attached hydrogen (secondary N) is 1. The van der Waals surface area contributed by atoms with E-state index in [1.807, 2.05) is 12.1 Å². The predicted molar refractivity (Wildman–Crippen MR) is 153 cm³/mol. The van der Waals surface area contributed by atoms with Gasteiger partial charge in [0.25, 0.3) is 0 Å². The van der Waals surface area contributed by atoms with Crippen LogP contribution >= 0.6 is 0 Å². The van der Waals surface area contributed by atoms with E-state index < -0.39 is 12.0 Å². The Bertz CT molecular complexity index is 1650. The lowest BCUT2D eigenvalue weighted by Gasteiger charge is -2.37. The van der Waals surface area contributed by atoms with Gasteiger partial charge in [0, 0.05) is 66.2 Å². The second kappa shape index (κ2) is 9.46. The SMILES string of the molecule is Oc1cc(-c2ccc3c(N4[C@@H]5CC[C@H]4CNC5)nc(OC[C@@]45CCCN4C[C@H](F)C5)nc3c2F)c2ncccc2c1. The molecule has 4 fully saturated rings. The first-order valence-corrected chi connectivity index (χ1v) is 14.6. The van der Waals surface area contributed by atoms with E-state index in [1.165, 1.54) is 6.07 Å². The lowest BCUT2D eigenvalue weighted by molar-refractivity contribution is 0.107. The Kier molecular flexibility index (Phi) is 5.79. The predicted octanol–water partition coefficient (Wildman–Crippen LogP) is 4.59. The summed E-state index contributed by atoms with van der Waals surface area (Å²) in [6.45, 7) is 3.25. The van der Waals surface area contributed by atoms with E-state index >= 15 is 4.39 Å². The van der Waals surface area contributed by atoms with Crippen LogP contribution in [-0.2, 0) is 0 Å². The Morgan fingerprint density at radius 2 is 1.93 bits per heavy atom. The van der Waals surface area contributed by atoms with Gasteiger partial charge in [-0.25, -0.2) is 8.78 Å². The molecule has 4 aliphatic heterocycles. The van der Waals surface area contributed by atoms with Gasteiger partial charge in [-0.05, 0) is 56.5 Å². The number of ether oxygens (including phenoxy) is 1. The molecule has 2 N–H and O–H groups in total. The summed E-state index contributed by atoms with van der Waals surface area (Å²) in [5.41, 5.74) is 1.19. The molecule has 0 radical (unpaired) electrons. The number of aromatic hydroxyl groups is 1. The number of phenolic OH excluding ortho intramolecular Hbond substituents is 1. The molecule has 4 atom stereocenters. The van der Waals surface area contributed by atoms with Gasteiger partial charge in [-0.1, -0.05) is 12.1 Å². The number of aromatic nitrogens is 3. The van der Waals surface area contributed by atoms with Crippen molar-refractivity contribution in [1.82, 2.24) is 25.2 Å². The minimum atomic E-state index is -0.866. The monoisotopic (exact) mass is 558 g/mol. The summed E-state index contributed by atoms with van der Waals surface area (Å²) in [6, 6.07) is 11.0. The van der Waals surface area contributed by atoms with Gasteiger partial charge in [0.05, 0.1) is 11.1 Å². The van der Waals surface area contributed by atoms with Crippen LogP contribution in [0, 0.1) is 5.82 Å². The zero-order chi connectivity index (χ0) is 27.7. The Morgan fingerprint density at radius 3 is 2.78 bits per heavy atom. The van der Waals surface area contributed by atoms with Crippen LogP contribution in [0.5, 0.6) is 11.8 Å². The zero-order valence-corrected chi connectivity index (χ0v) is 22.7. The molecule has 212 valence electrons. The van der Waals surface area contributed by atoms with Crippen LogP contribution in [-0.4, -0.2) is 81.5 Å². The van der Waals surface area contributed by atoms with Crippen molar-refractivity contribution in [2.45, 2.75) is 55.9 Å². The fourth-order valence-corrected chi connectivity index (χ4v) is 7.75. The Morgan fingerprint density at radius 1 is 1.07 bits per heavy atom. The molecule has 2 aromatic heterocycles. The van der Waals surface area contributed by atoms with Crippen LogP contribution < -0.4 is 15.0 Å². The number of halogens is 2. The molecule has 4 saturated heterocycles. The van der Waals surface area contributed by atoms with Gasteiger partial charge < -0.3 is 20.1 Å². The van der Waals surface area contributed by atoms with Crippen molar-refractivity contribution in [3.8, 4) is 22.9 Å². The molecule has 4 aromatic rings. The number of pyridine rings is 1. The Balaban J connectivity index is 1.26. The van der Waals surface area contributed by atoms with Crippen molar-refractivity contribution in [1.29, 1.82) is 0 Å². The molecule has 4 aliphatic rings. The molecule has 6 heterocycles. The fourth-order valence-electron chi connectivity index (χ4n) is 7.75. The van der Waals surface area contributed by atoms with Gasteiger partial charge in [0.15, 0.2) is 5.82 Å². The van der Waals surface area contributed by atoms with Crippen LogP contribution in [0.4, 0.5) is 14.6 Å². The van der Waals surface area contributed by atoms with Crippen LogP contribution in [0.1, 0.15) is 32.1 Å². The molecule has 8 nitrogen and oxygen atoms in total. The maximum absolute atomic E-state index is 16.6. The number of hydrogen-bond acceptors (Lipinski definition) is 8. The van der Waals surface area contributed by atoms with Crippen molar-refractivity contribution in [2.75, 3.05) is 37.7 Å². The van der Waals surface area contributed by atoms with E-state index in [2.05, 4.69) is 25.1 Å². The third-order valence-corrected chi connectivity index (χ3v) is 9.60. The molecular formula is C31H32F2N6O2. The standard InChI is InChI=1S/C31H32F2N6O2/c32-19-13-31(8-2-10-38(31)16-19)17-41-30-36-28-24(29(37-30)39-20-4-5-21(39)15-34-14-20)7-6-23(26(28)33)25-12-22(40)11-18-3-1-9-35-27(18)25/h1,3,6-7,9,11-12,19-21,34,40H,2,4-5,8,10,13-17H2/t19-,20-,21+,31+/m1/s1. The smallest absolute Gasteiger partial charge is 0.319 e. The first-order valence-electron chi connectivity index (χ1n) is 14.6.